The Hall–Kier alpha value is -1.58. The third-order valence-corrected chi connectivity index (χ3v) is 2.78. The van der Waals surface area contributed by atoms with Gasteiger partial charge in [-0.25, -0.2) is 4.98 Å². The summed E-state index contributed by atoms with van der Waals surface area (Å²) in [6, 6.07) is 3.84. The molecule has 1 rings (SSSR count). The van der Waals surface area contributed by atoms with Gasteiger partial charge < -0.3 is 10.6 Å². The molecule has 1 aromatic heterocycles. The van der Waals surface area contributed by atoms with Crippen LogP contribution < -0.4 is 10.6 Å². The summed E-state index contributed by atoms with van der Waals surface area (Å²) in [6.07, 6.45) is 3.65. The lowest BCUT2D eigenvalue weighted by atomic mass is 10.1. The van der Waals surface area contributed by atoms with Gasteiger partial charge in [-0.2, -0.15) is 0 Å². The van der Waals surface area contributed by atoms with Crippen molar-refractivity contribution in [1.29, 1.82) is 0 Å². The molecule has 1 atom stereocenters. The number of pyridine rings is 1. The molecule has 0 radical (unpaired) electrons. The summed E-state index contributed by atoms with van der Waals surface area (Å²) in [5, 5.41) is 6.18. The smallest absolute Gasteiger partial charge is 0.253 e. The van der Waals surface area contributed by atoms with Crippen LogP contribution in [0.4, 0.5) is 5.82 Å². The summed E-state index contributed by atoms with van der Waals surface area (Å²) in [6.45, 7) is 9.33. The molecule has 0 aliphatic heterocycles. The zero-order valence-corrected chi connectivity index (χ0v) is 12.4. The van der Waals surface area contributed by atoms with Gasteiger partial charge in [-0.1, -0.05) is 20.8 Å². The quantitative estimate of drug-likeness (QED) is 0.795. The van der Waals surface area contributed by atoms with Crippen LogP contribution in [0.2, 0.25) is 0 Å². The van der Waals surface area contributed by atoms with Crippen LogP contribution in [0.3, 0.4) is 0 Å². The fourth-order valence-corrected chi connectivity index (χ4v) is 1.96. The van der Waals surface area contributed by atoms with E-state index in [-0.39, 0.29) is 11.9 Å². The molecule has 2 N–H and O–H groups in total. The van der Waals surface area contributed by atoms with E-state index in [1.807, 2.05) is 19.1 Å². The van der Waals surface area contributed by atoms with Gasteiger partial charge in [0.15, 0.2) is 0 Å². The Kier molecular flexibility index (Phi) is 6.33. The predicted molar refractivity (Wildman–Crippen MR) is 79.4 cm³/mol. The molecule has 19 heavy (non-hydrogen) atoms. The van der Waals surface area contributed by atoms with Crippen molar-refractivity contribution >= 4 is 11.7 Å². The van der Waals surface area contributed by atoms with Gasteiger partial charge in [0.1, 0.15) is 5.82 Å². The Bertz CT molecular complexity index is 387. The van der Waals surface area contributed by atoms with Gasteiger partial charge in [-0.15, -0.1) is 0 Å². The first-order valence-electron chi connectivity index (χ1n) is 7.03. The molecule has 0 bridgehead atoms. The van der Waals surface area contributed by atoms with Crippen LogP contribution in [0.15, 0.2) is 18.3 Å². The Balaban J connectivity index is 2.53. The van der Waals surface area contributed by atoms with E-state index in [4.69, 9.17) is 0 Å². The zero-order chi connectivity index (χ0) is 14.3. The van der Waals surface area contributed by atoms with Crippen molar-refractivity contribution in [3.05, 3.63) is 23.9 Å². The number of anilines is 1. The van der Waals surface area contributed by atoms with Gasteiger partial charge in [-0.05, 0) is 37.8 Å². The SMILES string of the molecule is CCCNc1ccc(C(=O)NC(C)CC(C)C)cn1. The third-order valence-electron chi connectivity index (χ3n) is 2.78. The molecule has 1 heterocycles. The van der Waals surface area contributed by atoms with Gasteiger partial charge in [0.05, 0.1) is 5.56 Å². The number of carbonyl (C=O) groups excluding carboxylic acids is 1. The highest BCUT2D eigenvalue weighted by molar-refractivity contribution is 5.94. The third kappa shape index (κ3) is 5.73. The van der Waals surface area contributed by atoms with Crippen LogP contribution in [-0.4, -0.2) is 23.5 Å². The second kappa shape index (κ2) is 7.77. The Labute approximate surface area is 116 Å². The van der Waals surface area contributed by atoms with Crippen molar-refractivity contribution in [3.63, 3.8) is 0 Å². The normalized spacial score (nSPS) is 12.3. The van der Waals surface area contributed by atoms with E-state index in [2.05, 4.69) is 36.4 Å². The molecule has 0 saturated carbocycles. The highest BCUT2D eigenvalue weighted by Crippen LogP contribution is 2.07. The number of nitrogens with one attached hydrogen (secondary N) is 2. The van der Waals surface area contributed by atoms with Crippen molar-refractivity contribution < 1.29 is 4.79 Å². The minimum absolute atomic E-state index is 0.0531. The van der Waals surface area contributed by atoms with Crippen LogP contribution in [0, 0.1) is 5.92 Å². The largest absolute Gasteiger partial charge is 0.370 e. The van der Waals surface area contributed by atoms with Crippen LogP contribution in [0.5, 0.6) is 0 Å². The van der Waals surface area contributed by atoms with E-state index in [9.17, 15) is 4.79 Å². The lowest BCUT2D eigenvalue weighted by molar-refractivity contribution is 0.0936. The minimum atomic E-state index is -0.0531. The van der Waals surface area contributed by atoms with Gasteiger partial charge in [0.25, 0.3) is 5.91 Å². The number of carbonyl (C=O) groups is 1. The average Bonchev–Trinajstić information content (AvgIpc) is 2.35. The fourth-order valence-electron chi connectivity index (χ4n) is 1.96. The molecule has 0 aliphatic carbocycles. The van der Waals surface area contributed by atoms with Crippen molar-refractivity contribution in [2.45, 2.75) is 46.6 Å². The molecule has 4 heteroatoms. The summed E-state index contributed by atoms with van der Waals surface area (Å²) in [5.41, 5.74) is 0.609. The Morgan fingerprint density at radius 1 is 1.32 bits per heavy atom. The number of aromatic nitrogens is 1. The maximum Gasteiger partial charge on any atom is 0.253 e. The molecule has 1 amide bonds. The second-order valence-corrected chi connectivity index (χ2v) is 5.36. The maximum atomic E-state index is 12.0. The first-order chi connectivity index (χ1) is 9.02. The monoisotopic (exact) mass is 263 g/mol. The minimum Gasteiger partial charge on any atom is -0.370 e. The molecule has 0 aliphatic rings. The molecule has 1 unspecified atom stereocenters. The van der Waals surface area contributed by atoms with Gasteiger partial charge in [-0.3, -0.25) is 4.79 Å². The van der Waals surface area contributed by atoms with Gasteiger partial charge in [0, 0.05) is 18.8 Å². The summed E-state index contributed by atoms with van der Waals surface area (Å²) < 4.78 is 0. The van der Waals surface area contributed by atoms with Crippen molar-refractivity contribution in [1.82, 2.24) is 10.3 Å². The van der Waals surface area contributed by atoms with Gasteiger partial charge in [0.2, 0.25) is 0 Å². The highest BCUT2D eigenvalue weighted by Gasteiger charge is 2.11. The highest BCUT2D eigenvalue weighted by atomic mass is 16.1. The molecule has 0 spiro atoms. The van der Waals surface area contributed by atoms with Gasteiger partial charge >= 0.3 is 0 Å². The van der Waals surface area contributed by atoms with E-state index in [0.717, 1.165) is 25.2 Å². The van der Waals surface area contributed by atoms with E-state index in [1.165, 1.54) is 0 Å². The molecule has 0 saturated heterocycles. The molecule has 0 aromatic carbocycles. The fraction of sp³-hybridized carbons (Fsp3) is 0.600. The predicted octanol–water partition coefficient (Wildman–Crippen LogP) is 3.07. The van der Waals surface area contributed by atoms with E-state index >= 15 is 0 Å². The molecule has 106 valence electrons. The number of rotatable bonds is 7. The second-order valence-electron chi connectivity index (χ2n) is 5.36. The number of nitrogens with zero attached hydrogens (tertiary/aromatic N) is 1. The molecular weight excluding hydrogens is 238 g/mol. The lowest BCUT2D eigenvalue weighted by Crippen LogP contribution is -2.33. The van der Waals surface area contributed by atoms with E-state index in [0.29, 0.717) is 11.5 Å². The van der Waals surface area contributed by atoms with Crippen LogP contribution in [0.25, 0.3) is 0 Å². The van der Waals surface area contributed by atoms with Crippen LogP contribution in [0.1, 0.15) is 50.9 Å². The molecule has 4 nitrogen and oxygen atoms in total. The number of amides is 1. The van der Waals surface area contributed by atoms with Crippen LogP contribution >= 0.6 is 0 Å². The first kappa shape index (κ1) is 15.5. The summed E-state index contributed by atoms with van der Waals surface area (Å²) in [5.74, 6) is 1.34. The van der Waals surface area contributed by atoms with Crippen molar-refractivity contribution in [2.24, 2.45) is 5.92 Å². The molecular formula is C15H25N3O. The first-order valence-corrected chi connectivity index (χ1v) is 7.03. The maximum absolute atomic E-state index is 12.0. The molecule has 0 fully saturated rings. The zero-order valence-electron chi connectivity index (χ0n) is 12.4. The standard InChI is InChI=1S/C15H25N3O/c1-5-8-16-14-7-6-13(10-17-14)15(19)18-12(4)9-11(2)3/h6-7,10-12H,5,8-9H2,1-4H3,(H,16,17)(H,18,19). The van der Waals surface area contributed by atoms with E-state index < -0.39 is 0 Å². The Morgan fingerprint density at radius 3 is 2.58 bits per heavy atom. The Morgan fingerprint density at radius 2 is 2.05 bits per heavy atom. The topological polar surface area (TPSA) is 54.0 Å². The van der Waals surface area contributed by atoms with Crippen molar-refractivity contribution in [2.75, 3.05) is 11.9 Å². The molecule has 1 aromatic rings. The van der Waals surface area contributed by atoms with Crippen molar-refractivity contribution in [3.8, 4) is 0 Å². The summed E-state index contributed by atoms with van der Waals surface area (Å²) in [4.78, 5) is 16.2. The van der Waals surface area contributed by atoms with E-state index in [1.54, 1.807) is 6.20 Å². The van der Waals surface area contributed by atoms with Crippen LogP contribution in [-0.2, 0) is 0 Å². The average molecular weight is 263 g/mol. The number of hydrogen-bond donors (Lipinski definition) is 2. The summed E-state index contributed by atoms with van der Waals surface area (Å²) in [7, 11) is 0. The summed E-state index contributed by atoms with van der Waals surface area (Å²) >= 11 is 0. The lowest BCUT2D eigenvalue weighted by Gasteiger charge is -2.15. The number of hydrogen-bond acceptors (Lipinski definition) is 3.